The molecule has 1 unspecified atom stereocenters. The molecule has 1 aliphatic carbocycles. The van der Waals surface area contributed by atoms with E-state index >= 15 is 0 Å². The van der Waals surface area contributed by atoms with Crippen LogP contribution in [0, 0.1) is 11.6 Å². The molecule has 15 heavy (non-hydrogen) atoms. The van der Waals surface area contributed by atoms with Crippen LogP contribution in [0.25, 0.3) is 0 Å². The minimum Gasteiger partial charge on any atom is -0.329 e. The zero-order chi connectivity index (χ0) is 11.3. The third-order valence-electron chi connectivity index (χ3n) is 2.86. The van der Waals surface area contributed by atoms with Crippen molar-refractivity contribution in [1.82, 2.24) is 0 Å². The fourth-order valence-corrected chi connectivity index (χ4v) is 1.82. The van der Waals surface area contributed by atoms with E-state index in [0.717, 1.165) is 12.1 Å². The fraction of sp³-hybridized carbons (Fsp3) is 0.400. The maximum atomic E-state index is 13.1. The highest BCUT2D eigenvalue weighted by molar-refractivity contribution is 5.39. The Morgan fingerprint density at radius 3 is 1.93 bits per heavy atom. The molecule has 5 heteroatoms. The van der Waals surface area contributed by atoms with Gasteiger partial charge in [0.1, 0.15) is 11.6 Å². The molecule has 0 spiro atoms. The van der Waals surface area contributed by atoms with Gasteiger partial charge in [0.15, 0.2) is 0 Å². The third-order valence-corrected chi connectivity index (χ3v) is 2.86. The van der Waals surface area contributed by atoms with Crippen LogP contribution in [0.4, 0.5) is 17.6 Å². The van der Waals surface area contributed by atoms with Gasteiger partial charge in [0.2, 0.25) is 0 Å². The SMILES string of the molecule is NCC1(c2cc(F)cc(F)c2)CC1(F)F. The molecule has 1 atom stereocenters. The molecule has 82 valence electrons. The second kappa shape index (κ2) is 2.95. The van der Waals surface area contributed by atoms with Crippen molar-refractivity contribution in [2.24, 2.45) is 5.73 Å². The number of nitrogens with two attached hydrogens (primary N) is 1. The number of hydrogen-bond donors (Lipinski definition) is 1. The largest absolute Gasteiger partial charge is 0.329 e. The monoisotopic (exact) mass is 219 g/mol. The van der Waals surface area contributed by atoms with E-state index in [1.807, 2.05) is 0 Å². The van der Waals surface area contributed by atoms with Gasteiger partial charge in [-0.15, -0.1) is 0 Å². The van der Waals surface area contributed by atoms with E-state index in [9.17, 15) is 17.6 Å². The first-order chi connectivity index (χ1) is 6.91. The van der Waals surface area contributed by atoms with Crippen molar-refractivity contribution in [3.63, 3.8) is 0 Å². The molecule has 1 saturated carbocycles. The molecular formula is C10H9F4N. The Labute approximate surface area is 83.9 Å². The predicted molar refractivity (Wildman–Crippen MR) is 46.7 cm³/mol. The van der Waals surface area contributed by atoms with Crippen molar-refractivity contribution in [2.45, 2.75) is 17.8 Å². The van der Waals surface area contributed by atoms with Gasteiger partial charge in [-0.25, -0.2) is 17.6 Å². The standard InChI is InChI=1S/C10H9F4N/c11-7-1-6(2-8(12)3-7)9(5-15)4-10(9,13)14/h1-3H,4-5,15H2. The summed E-state index contributed by atoms with van der Waals surface area (Å²) in [5.74, 6) is -4.68. The summed E-state index contributed by atoms with van der Waals surface area (Å²) >= 11 is 0. The normalized spacial score (nSPS) is 27.8. The lowest BCUT2D eigenvalue weighted by molar-refractivity contribution is 0.0895. The van der Waals surface area contributed by atoms with Crippen LogP contribution in [0.15, 0.2) is 18.2 Å². The van der Waals surface area contributed by atoms with Crippen LogP contribution >= 0.6 is 0 Å². The van der Waals surface area contributed by atoms with Crippen LogP contribution in [0.2, 0.25) is 0 Å². The Balaban J connectivity index is 2.46. The molecule has 0 radical (unpaired) electrons. The number of rotatable bonds is 2. The van der Waals surface area contributed by atoms with Crippen molar-refractivity contribution in [2.75, 3.05) is 6.54 Å². The van der Waals surface area contributed by atoms with Crippen LogP contribution in [-0.2, 0) is 5.41 Å². The maximum absolute atomic E-state index is 13.1. The van der Waals surface area contributed by atoms with E-state index in [1.54, 1.807) is 0 Å². The summed E-state index contributed by atoms with van der Waals surface area (Å²) in [6.45, 7) is -0.317. The molecule has 1 nitrogen and oxygen atoms in total. The van der Waals surface area contributed by atoms with Crippen molar-refractivity contribution in [1.29, 1.82) is 0 Å². The summed E-state index contributed by atoms with van der Waals surface area (Å²) in [6, 6.07) is 2.47. The lowest BCUT2D eigenvalue weighted by Gasteiger charge is -2.14. The van der Waals surface area contributed by atoms with Crippen LogP contribution in [-0.4, -0.2) is 12.5 Å². The van der Waals surface area contributed by atoms with Crippen LogP contribution in [0.3, 0.4) is 0 Å². The molecule has 1 fully saturated rings. The summed E-state index contributed by atoms with van der Waals surface area (Å²) < 4.78 is 51.8. The van der Waals surface area contributed by atoms with E-state index in [0.29, 0.717) is 6.07 Å². The van der Waals surface area contributed by atoms with Gasteiger partial charge >= 0.3 is 0 Å². The van der Waals surface area contributed by atoms with Crippen LogP contribution in [0.5, 0.6) is 0 Å². The Kier molecular flexibility index (Phi) is 2.05. The van der Waals surface area contributed by atoms with Crippen molar-refractivity contribution in [3.8, 4) is 0 Å². The molecule has 0 aromatic heterocycles. The number of benzene rings is 1. The van der Waals surface area contributed by atoms with Gasteiger partial charge < -0.3 is 5.73 Å². The Morgan fingerprint density at radius 2 is 1.60 bits per heavy atom. The summed E-state index contributed by atoms with van der Waals surface area (Å²) in [5.41, 5.74) is 3.62. The topological polar surface area (TPSA) is 26.0 Å². The Bertz CT molecular complexity index is 384. The Morgan fingerprint density at radius 1 is 1.13 bits per heavy atom. The lowest BCUT2D eigenvalue weighted by atomic mass is 9.95. The van der Waals surface area contributed by atoms with E-state index in [4.69, 9.17) is 5.73 Å². The molecule has 0 heterocycles. The zero-order valence-electron chi connectivity index (χ0n) is 7.74. The van der Waals surface area contributed by atoms with Gasteiger partial charge in [-0.2, -0.15) is 0 Å². The quantitative estimate of drug-likeness (QED) is 0.758. The number of hydrogen-bond acceptors (Lipinski definition) is 1. The van der Waals surface area contributed by atoms with Gasteiger partial charge in [-0.1, -0.05) is 0 Å². The van der Waals surface area contributed by atoms with E-state index in [-0.39, 0.29) is 12.1 Å². The summed E-state index contributed by atoms with van der Waals surface area (Å²) in [6.07, 6.45) is -0.445. The molecule has 0 amide bonds. The van der Waals surface area contributed by atoms with Gasteiger partial charge in [0.25, 0.3) is 5.92 Å². The van der Waals surface area contributed by atoms with Crippen LogP contribution < -0.4 is 5.73 Å². The van der Waals surface area contributed by atoms with E-state index < -0.39 is 29.4 Å². The van der Waals surface area contributed by atoms with Gasteiger partial charge in [-0.05, 0) is 17.7 Å². The first kappa shape index (κ1) is 10.4. The van der Waals surface area contributed by atoms with Gasteiger partial charge in [-0.3, -0.25) is 0 Å². The average molecular weight is 219 g/mol. The lowest BCUT2D eigenvalue weighted by Crippen LogP contribution is -2.27. The zero-order valence-corrected chi connectivity index (χ0v) is 7.74. The molecule has 0 saturated heterocycles. The Hall–Kier alpha value is -1.10. The highest BCUT2D eigenvalue weighted by Crippen LogP contribution is 2.60. The minimum atomic E-state index is -2.96. The van der Waals surface area contributed by atoms with Crippen molar-refractivity contribution >= 4 is 0 Å². The molecule has 1 aliphatic rings. The molecule has 0 bridgehead atoms. The average Bonchev–Trinajstić information content (AvgIpc) is 2.68. The molecule has 0 aliphatic heterocycles. The third kappa shape index (κ3) is 1.42. The summed E-state index contributed by atoms with van der Waals surface area (Å²) in [5, 5.41) is 0. The highest BCUT2D eigenvalue weighted by Gasteiger charge is 2.71. The molecule has 2 N–H and O–H groups in total. The second-order valence-electron chi connectivity index (χ2n) is 3.83. The molecular weight excluding hydrogens is 210 g/mol. The summed E-state index contributed by atoms with van der Waals surface area (Å²) in [4.78, 5) is 0. The van der Waals surface area contributed by atoms with Crippen molar-refractivity contribution in [3.05, 3.63) is 35.4 Å². The predicted octanol–water partition coefficient (Wildman–Crippen LogP) is 2.20. The number of halogens is 4. The maximum Gasteiger partial charge on any atom is 0.260 e. The summed E-state index contributed by atoms with van der Waals surface area (Å²) in [7, 11) is 0. The van der Waals surface area contributed by atoms with Crippen LogP contribution in [0.1, 0.15) is 12.0 Å². The molecule has 1 aromatic rings. The van der Waals surface area contributed by atoms with Gasteiger partial charge in [0, 0.05) is 19.0 Å². The smallest absolute Gasteiger partial charge is 0.260 e. The van der Waals surface area contributed by atoms with E-state index in [1.165, 1.54) is 0 Å². The first-order valence-corrected chi connectivity index (χ1v) is 4.46. The molecule has 2 rings (SSSR count). The minimum absolute atomic E-state index is 0.0625. The van der Waals surface area contributed by atoms with Gasteiger partial charge in [0.05, 0.1) is 5.41 Å². The van der Waals surface area contributed by atoms with E-state index in [2.05, 4.69) is 0 Å². The number of alkyl halides is 2. The first-order valence-electron chi connectivity index (χ1n) is 4.46. The highest BCUT2D eigenvalue weighted by atomic mass is 19.3. The second-order valence-corrected chi connectivity index (χ2v) is 3.83. The molecule has 1 aromatic carbocycles. The van der Waals surface area contributed by atoms with Crippen molar-refractivity contribution < 1.29 is 17.6 Å². The fourth-order valence-electron chi connectivity index (χ4n) is 1.82.